The molecule has 3 atom stereocenters. The number of methoxy groups -OCH3 is 1. The number of phenols is 1. The average molecular weight is 295 g/mol. The van der Waals surface area contributed by atoms with Gasteiger partial charge in [-0.15, -0.1) is 0 Å². The van der Waals surface area contributed by atoms with Crippen LogP contribution < -0.4 is 10.1 Å². The predicted molar refractivity (Wildman–Crippen MR) is 86.4 cm³/mol. The van der Waals surface area contributed by atoms with Crippen LogP contribution in [0.1, 0.15) is 41.5 Å². The molecule has 2 aromatic rings. The molecule has 22 heavy (non-hydrogen) atoms. The monoisotopic (exact) mass is 295 g/mol. The van der Waals surface area contributed by atoms with E-state index in [1.807, 2.05) is 12.1 Å². The molecule has 2 N–H and O–H groups in total. The van der Waals surface area contributed by atoms with E-state index in [-0.39, 0.29) is 5.75 Å². The molecule has 0 aromatic heterocycles. The van der Waals surface area contributed by atoms with Crippen molar-refractivity contribution in [1.29, 1.82) is 0 Å². The second kappa shape index (κ2) is 5.33. The topological polar surface area (TPSA) is 41.5 Å². The molecule has 2 aliphatic rings. The van der Waals surface area contributed by atoms with Gasteiger partial charge in [0.2, 0.25) is 0 Å². The van der Waals surface area contributed by atoms with Crippen molar-refractivity contribution >= 4 is 0 Å². The molecule has 2 aromatic carbocycles. The van der Waals surface area contributed by atoms with Crippen LogP contribution in [0.2, 0.25) is 0 Å². The van der Waals surface area contributed by atoms with Gasteiger partial charge in [-0.3, -0.25) is 0 Å². The number of ether oxygens (including phenoxy) is 1. The number of phenolic OH excluding ortho intramolecular Hbond substituents is 1. The van der Waals surface area contributed by atoms with Gasteiger partial charge in [0.25, 0.3) is 0 Å². The quantitative estimate of drug-likeness (QED) is 0.889. The Kier molecular flexibility index (Phi) is 3.30. The molecule has 0 radical (unpaired) electrons. The number of fused-ring (bicyclic) bond motifs is 3. The fourth-order valence-electron chi connectivity index (χ4n) is 4.23. The van der Waals surface area contributed by atoms with Gasteiger partial charge in [0.05, 0.1) is 7.11 Å². The van der Waals surface area contributed by atoms with Crippen LogP contribution in [-0.4, -0.2) is 18.8 Å². The van der Waals surface area contributed by atoms with Crippen LogP contribution in [0.3, 0.4) is 0 Å². The first-order valence-corrected chi connectivity index (χ1v) is 7.98. The van der Waals surface area contributed by atoms with Gasteiger partial charge >= 0.3 is 0 Å². The summed E-state index contributed by atoms with van der Waals surface area (Å²) in [5.41, 5.74) is 3.87. The molecule has 3 unspecified atom stereocenters. The summed E-state index contributed by atoms with van der Waals surface area (Å²) in [5, 5.41) is 13.9. The zero-order valence-electron chi connectivity index (χ0n) is 12.8. The van der Waals surface area contributed by atoms with Crippen LogP contribution in [-0.2, 0) is 0 Å². The third-order valence-electron chi connectivity index (χ3n) is 5.15. The largest absolute Gasteiger partial charge is 0.504 e. The summed E-state index contributed by atoms with van der Waals surface area (Å²) >= 11 is 0. The third kappa shape index (κ3) is 2.00. The predicted octanol–water partition coefficient (Wildman–Crippen LogP) is 3.59. The number of rotatable bonds is 2. The standard InChI is InChI=1S/C19H21NO2/c1-22-17-11-15-14(10-16(17)21)18(12-6-3-2-4-7-12)13-8-5-9-20-19(13)15/h2-4,6-7,10-11,13,18-21H,5,8-9H2,1H3. The Morgan fingerprint density at radius 2 is 1.95 bits per heavy atom. The molecule has 1 heterocycles. The lowest BCUT2D eigenvalue weighted by molar-refractivity contribution is 0.286. The summed E-state index contributed by atoms with van der Waals surface area (Å²) in [6.07, 6.45) is 2.43. The minimum absolute atomic E-state index is 0.237. The van der Waals surface area contributed by atoms with E-state index in [4.69, 9.17) is 4.74 Å². The Labute approximate surface area is 130 Å². The van der Waals surface area contributed by atoms with E-state index < -0.39 is 0 Å². The van der Waals surface area contributed by atoms with Gasteiger partial charge in [-0.25, -0.2) is 0 Å². The lowest BCUT2D eigenvalue weighted by atomic mass is 9.80. The molecule has 1 aliphatic carbocycles. The maximum Gasteiger partial charge on any atom is 0.160 e. The number of nitrogens with one attached hydrogen (secondary N) is 1. The molecular weight excluding hydrogens is 274 g/mol. The molecule has 0 saturated carbocycles. The molecule has 1 aliphatic heterocycles. The van der Waals surface area contributed by atoms with Crippen LogP contribution in [0, 0.1) is 5.92 Å². The molecule has 0 amide bonds. The van der Waals surface area contributed by atoms with Crippen molar-refractivity contribution < 1.29 is 9.84 Å². The first-order valence-electron chi connectivity index (χ1n) is 7.98. The van der Waals surface area contributed by atoms with Crippen molar-refractivity contribution in [1.82, 2.24) is 5.32 Å². The Bertz CT molecular complexity index is 683. The lowest BCUT2D eigenvalue weighted by Crippen LogP contribution is -2.32. The van der Waals surface area contributed by atoms with E-state index >= 15 is 0 Å². The van der Waals surface area contributed by atoms with Gasteiger partial charge in [0.1, 0.15) is 0 Å². The Balaban J connectivity index is 1.88. The summed E-state index contributed by atoms with van der Waals surface area (Å²) in [5.74, 6) is 1.71. The Morgan fingerprint density at radius 1 is 1.14 bits per heavy atom. The van der Waals surface area contributed by atoms with E-state index in [2.05, 4.69) is 35.6 Å². The molecular formula is C19H21NO2. The molecule has 0 bridgehead atoms. The second-order valence-corrected chi connectivity index (χ2v) is 6.28. The molecule has 114 valence electrons. The fourth-order valence-corrected chi connectivity index (χ4v) is 4.23. The highest BCUT2D eigenvalue weighted by Gasteiger charge is 2.43. The molecule has 0 spiro atoms. The summed E-state index contributed by atoms with van der Waals surface area (Å²) < 4.78 is 5.31. The molecule has 3 heteroatoms. The summed E-state index contributed by atoms with van der Waals surface area (Å²) in [7, 11) is 1.61. The normalized spacial score (nSPS) is 26.3. The summed E-state index contributed by atoms with van der Waals surface area (Å²) in [6, 6.07) is 14.9. The minimum atomic E-state index is 0.237. The first-order chi connectivity index (χ1) is 10.8. The third-order valence-corrected chi connectivity index (χ3v) is 5.15. The molecule has 1 fully saturated rings. The van der Waals surface area contributed by atoms with Crippen LogP contribution in [0.25, 0.3) is 0 Å². The Hall–Kier alpha value is -2.00. The van der Waals surface area contributed by atoms with Gasteiger partial charge in [0.15, 0.2) is 11.5 Å². The molecule has 3 nitrogen and oxygen atoms in total. The SMILES string of the molecule is COc1cc2c(cc1O)C(c1ccccc1)C1CCCNC21. The number of hydrogen-bond donors (Lipinski definition) is 2. The second-order valence-electron chi connectivity index (χ2n) is 6.28. The van der Waals surface area contributed by atoms with E-state index in [1.165, 1.54) is 29.5 Å². The summed E-state index contributed by atoms with van der Waals surface area (Å²) in [4.78, 5) is 0. The number of hydrogen-bond acceptors (Lipinski definition) is 3. The van der Waals surface area contributed by atoms with Crippen molar-refractivity contribution in [2.75, 3.05) is 13.7 Å². The number of piperidine rings is 1. The van der Waals surface area contributed by atoms with Crippen molar-refractivity contribution in [2.45, 2.75) is 24.8 Å². The smallest absolute Gasteiger partial charge is 0.160 e. The lowest BCUT2D eigenvalue weighted by Gasteiger charge is -2.31. The highest BCUT2D eigenvalue weighted by Crippen LogP contribution is 2.53. The van der Waals surface area contributed by atoms with Gasteiger partial charge in [-0.05, 0) is 54.1 Å². The van der Waals surface area contributed by atoms with Crippen molar-refractivity contribution in [3.8, 4) is 11.5 Å². The van der Waals surface area contributed by atoms with Crippen molar-refractivity contribution in [3.05, 3.63) is 59.2 Å². The van der Waals surface area contributed by atoms with E-state index in [1.54, 1.807) is 7.11 Å². The molecule has 1 saturated heterocycles. The van der Waals surface area contributed by atoms with Crippen molar-refractivity contribution in [2.24, 2.45) is 5.92 Å². The van der Waals surface area contributed by atoms with E-state index in [9.17, 15) is 5.11 Å². The zero-order chi connectivity index (χ0) is 15.1. The molecule has 4 rings (SSSR count). The average Bonchev–Trinajstić information content (AvgIpc) is 2.88. The first kappa shape index (κ1) is 13.6. The maximum absolute atomic E-state index is 10.2. The highest BCUT2D eigenvalue weighted by molar-refractivity contribution is 5.54. The van der Waals surface area contributed by atoms with Gasteiger partial charge in [-0.2, -0.15) is 0 Å². The van der Waals surface area contributed by atoms with Crippen LogP contribution in [0.15, 0.2) is 42.5 Å². The van der Waals surface area contributed by atoms with Crippen LogP contribution >= 0.6 is 0 Å². The Morgan fingerprint density at radius 3 is 2.73 bits per heavy atom. The van der Waals surface area contributed by atoms with Crippen LogP contribution in [0.4, 0.5) is 0 Å². The van der Waals surface area contributed by atoms with Gasteiger partial charge < -0.3 is 15.2 Å². The van der Waals surface area contributed by atoms with E-state index in [0.29, 0.717) is 23.6 Å². The zero-order valence-corrected chi connectivity index (χ0v) is 12.8. The number of aromatic hydroxyl groups is 1. The summed E-state index contributed by atoms with van der Waals surface area (Å²) in [6.45, 7) is 1.06. The minimum Gasteiger partial charge on any atom is -0.504 e. The van der Waals surface area contributed by atoms with E-state index in [0.717, 1.165) is 6.54 Å². The number of benzene rings is 2. The van der Waals surface area contributed by atoms with Gasteiger partial charge in [0, 0.05) is 12.0 Å². The van der Waals surface area contributed by atoms with Gasteiger partial charge in [-0.1, -0.05) is 30.3 Å². The van der Waals surface area contributed by atoms with Crippen molar-refractivity contribution in [3.63, 3.8) is 0 Å². The highest BCUT2D eigenvalue weighted by atomic mass is 16.5. The fraction of sp³-hybridized carbons (Fsp3) is 0.368. The van der Waals surface area contributed by atoms with Crippen LogP contribution in [0.5, 0.6) is 11.5 Å². The maximum atomic E-state index is 10.2.